The van der Waals surface area contributed by atoms with E-state index < -0.39 is 0 Å². The number of aromatic nitrogens is 1. The zero-order valence-corrected chi connectivity index (χ0v) is 14.0. The molecule has 0 fully saturated rings. The summed E-state index contributed by atoms with van der Waals surface area (Å²) in [7, 11) is 0. The van der Waals surface area contributed by atoms with E-state index in [1.165, 1.54) is 6.08 Å². The second-order valence-electron chi connectivity index (χ2n) is 5.02. The molecule has 126 valence electrons. The van der Waals surface area contributed by atoms with Crippen molar-refractivity contribution in [1.82, 2.24) is 4.98 Å². The smallest absolute Gasteiger partial charge is 0.249 e. The van der Waals surface area contributed by atoms with Crippen LogP contribution in [0.5, 0.6) is 11.5 Å². The van der Waals surface area contributed by atoms with Crippen molar-refractivity contribution < 1.29 is 14.3 Å². The fraction of sp³-hybridized carbons (Fsp3) is 0.263. The van der Waals surface area contributed by atoms with E-state index in [0.717, 1.165) is 17.7 Å². The van der Waals surface area contributed by atoms with Crippen LogP contribution in [0.1, 0.15) is 25.8 Å². The molecule has 1 N–H and O–H groups in total. The summed E-state index contributed by atoms with van der Waals surface area (Å²) in [5.41, 5.74) is 0.917. The monoisotopic (exact) mass is 326 g/mol. The molecule has 5 nitrogen and oxygen atoms in total. The van der Waals surface area contributed by atoms with Gasteiger partial charge in [0.2, 0.25) is 5.91 Å². The van der Waals surface area contributed by atoms with E-state index in [9.17, 15) is 4.79 Å². The second kappa shape index (κ2) is 9.35. The Kier molecular flexibility index (Phi) is 6.83. The molecule has 0 aliphatic rings. The molecule has 1 aromatic heterocycles. The molecule has 0 saturated carbocycles. The number of nitrogens with one attached hydrogen (secondary N) is 1. The van der Waals surface area contributed by atoms with Gasteiger partial charge < -0.3 is 14.8 Å². The van der Waals surface area contributed by atoms with Crippen LogP contribution in [0.25, 0.3) is 6.08 Å². The number of hydrogen-bond donors (Lipinski definition) is 1. The summed E-state index contributed by atoms with van der Waals surface area (Å²) in [6.07, 6.45) is 5.78. The zero-order chi connectivity index (χ0) is 17.2. The largest absolute Gasteiger partial charge is 0.494 e. The highest BCUT2D eigenvalue weighted by molar-refractivity contribution is 6.02. The lowest BCUT2D eigenvalue weighted by atomic mass is 10.2. The number of amides is 1. The van der Waals surface area contributed by atoms with E-state index in [1.54, 1.807) is 24.4 Å². The van der Waals surface area contributed by atoms with Gasteiger partial charge in [-0.05, 0) is 49.2 Å². The fourth-order valence-corrected chi connectivity index (χ4v) is 1.98. The SMILES string of the molecule is CCCOc1ccc(/C=C/C(=O)Nc2ncccc2OCC)cc1. The van der Waals surface area contributed by atoms with Crippen molar-refractivity contribution in [2.45, 2.75) is 20.3 Å². The first-order chi connectivity index (χ1) is 11.7. The zero-order valence-electron chi connectivity index (χ0n) is 14.0. The van der Waals surface area contributed by atoms with Gasteiger partial charge in [-0.25, -0.2) is 4.98 Å². The van der Waals surface area contributed by atoms with E-state index in [2.05, 4.69) is 17.2 Å². The minimum absolute atomic E-state index is 0.263. The third-order valence-corrected chi connectivity index (χ3v) is 3.09. The normalized spacial score (nSPS) is 10.6. The van der Waals surface area contributed by atoms with Gasteiger partial charge in [-0.15, -0.1) is 0 Å². The van der Waals surface area contributed by atoms with Gasteiger partial charge in [0.25, 0.3) is 0 Å². The van der Waals surface area contributed by atoms with Gasteiger partial charge in [0.05, 0.1) is 13.2 Å². The van der Waals surface area contributed by atoms with E-state index in [0.29, 0.717) is 24.8 Å². The molecule has 1 amide bonds. The maximum absolute atomic E-state index is 12.0. The molecule has 0 aliphatic carbocycles. The number of carbonyl (C=O) groups excluding carboxylic acids is 1. The van der Waals surface area contributed by atoms with E-state index in [1.807, 2.05) is 31.2 Å². The average molecular weight is 326 g/mol. The van der Waals surface area contributed by atoms with Gasteiger partial charge in [-0.2, -0.15) is 0 Å². The van der Waals surface area contributed by atoms with Crippen molar-refractivity contribution in [2.75, 3.05) is 18.5 Å². The van der Waals surface area contributed by atoms with E-state index in [4.69, 9.17) is 9.47 Å². The first-order valence-electron chi connectivity index (χ1n) is 8.02. The third-order valence-electron chi connectivity index (χ3n) is 3.09. The summed E-state index contributed by atoms with van der Waals surface area (Å²) in [5.74, 6) is 1.53. The van der Waals surface area contributed by atoms with Gasteiger partial charge >= 0.3 is 0 Å². The van der Waals surface area contributed by atoms with E-state index in [-0.39, 0.29) is 5.91 Å². The number of carbonyl (C=O) groups is 1. The van der Waals surface area contributed by atoms with Crippen molar-refractivity contribution >= 4 is 17.8 Å². The van der Waals surface area contributed by atoms with Crippen LogP contribution in [0.4, 0.5) is 5.82 Å². The van der Waals surface area contributed by atoms with Crippen LogP contribution in [0.15, 0.2) is 48.7 Å². The highest BCUT2D eigenvalue weighted by atomic mass is 16.5. The predicted octanol–water partition coefficient (Wildman–Crippen LogP) is 3.92. The molecule has 0 spiro atoms. The van der Waals surface area contributed by atoms with Crippen molar-refractivity contribution in [3.8, 4) is 11.5 Å². The quantitative estimate of drug-likeness (QED) is 0.747. The van der Waals surface area contributed by atoms with Crippen LogP contribution < -0.4 is 14.8 Å². The molecular weight excluding hydrogens is 304 g/mol. The van der Waals surface area contributed by atoms with Crippen LogP contribution in [-0.2, 0) is 4.79 Å². The minimum atomic E-state index is -0.263. The van der Waals surface area contributed by atoms with Crippen molar-refractivity contribution in [3.63, 3.8) is 0 Å². The molecule has 0 aliphatic heterocycles. The standard InChI is InChI=1S/C19H22N2O3/c1-3-14-24-16-10-7-15(8-11-16)9-12-18(22)21-19-17(23-4-2)6-5-13-20-19/h5-13H,3-4,14H2,1-2H3,(H,20,21,22)/b12-9+. The molecule has 0 bridgehead atoms. The molecule has 2 rings (SSSR count). The summed E-state index contributed by atoms with van der Waals surface area (Å²) in [6.45, 7) is 5.15. The van der Waals surface area contributed by atoms with Gasteiger partial charge in [-0.1, -0.05) is 19.1 Å². The highest BCUT2D eigenvalue weighted by Crippen LogP contribution is 2.20. The Labute approximate surface area is 142 Å². The van der Waals surface area contributed by atoms with Crippen LogP contribution >= 0.6 is 0 Å². The van der Waals surface area contributed by atoms with Gasteiger partial charge in [0.15, 0.2) is 11.6 Å². The maximum Gasteiger partial charge on any atom is 0.249 e. The fourth-order valence-electron chi connectivity index (χ4n) is 1.98. The van der Waals surface area contributed by atoms with Crippen LogP contribution in [0.2, 0.25) is 0 Å². The average Bonchev–Trinajstić information content (AvgIpc) is 2.61. The number of nitrogens with zero attached hydrogens (tertiary/aromatic N) is 1. The molecule has 24 heavy (non-hydrogen) atoms. The molecule has 1 aromatic carbocycles. The van der Waals surface area contributed by atoms with Gasteiger partial charge in [0.1, 0.15) is 5.75 Å². The second-order valence-corrected chi connectivity index (χ2v) is 5.02. The van der Waals surface area contributed by atoms with Gasteiger partial charge in [-0.3, -0.25) is 4.79 Å². The Balaban J connectivity index is 1.95. The molecule has 0 atom stereocenters. The Morgan fingerprint density at radius 1 is 1.17 bits per heavy atom. The van der Waals surface area contributed by atoms with Crippen molar-refractivity contribution in [1.29, 1.82) is 0 Å². The number of ether oxygens (including phenoxy) is 2. The molecular formula is C19H22N2O3. The molecule has 0 radical (unpaired) electrons. The lowest BCUT2D eigenvalue weighted by Gasteiger charge is -2.08. The van der Waals surface area contributed by atoms with Crippen LogP contribution in [0.3, 0.4) is 0 Å². The number of benzene rings is 1. The Hall–Kier alpha value is -2.82. The number of rotatable bonds is 8. The Morgan fingerprint density at radius 3 is 2.67 bits per heavy atom. The molecule has 0 unspecified atom stereocenters. The van der Waals surface area contributed by atoms with Crippen molar-refractivity contribution in [2.24, 2.45) is 0 Å². The number of hydrogen-bond acceptors (Lipinski definition) is 4. The molecule has 1 heterocycles. The summed E-state index contributed by atoms with van der Waals surface area (Å²) < 4.78 is 11.0. The Morgan fingerprint density at radius 2 is 1.96 bits per heavy atom. The molecule has 2 aromatic rings. The van der Waals surface area contributed by atoms with Crippen molar-refractivity contribution in [3.05, 3.63) is 54.2 Å². The summed E-state index contributed by atoms with van der Waals surface area (Å²) in [6, 6.07) is 11.1. The predicted molar refractivity (Wildman–Crippen MR) is 95.3 cm³/mol. The topological polar surface area (TPSA) is 60.5 Å². The lowest BCUT2D eigenvalue weighted by Crippen LogP contribution is -2.10. The summed E-state index contributed by atoms with van der Waals surface area (Å²) in [4.78, 5) is 16.2. The Bertz CT molecular complexity index is 681. The number of anilines is 1. The van der Waals surface area contributed by atoms with Crippen LogP contribution in [-0.4, -0.2) is 24.1 Å². The first kappa shape index (κ1) is 17.5. The number of pyridine rings is 1. The maximum atomic E-state index is 12.0. The highest BCUT2D eigenvalue weighted by Gasteiger charge is 2.06. The molecule has 5 heteroatoms. The first-order valence-corrected chi connectivity index (χ1v) is 8.02. The molecule has 0 saturated heterocycles. The lowest BCUT2D eigenvalue weighted by molar-refractivity contribution is -0.111. The van der Waals surface area contributed by atoms with Gasteiger partial charge in [0, 0.05) is 12.3 Å². The summed E-state index contributed by atoms with van der Waals surface area (Å²) >= 11 is 0. The van der Waals surface area contributed by atoms with E-state index >= 15 is 0 Å². The third kappa shape index (κ3) is 5.43. The van der Waals surface area contributed by atoms with Crippen LogP contribution in [0, 0.1) is 0 Å². The summed E-state index contributed by atoms with van der Waals surface area (Å²) in [5, 5.41) is 2.72. The minimum Gasteiger partial charge on any atom is -0.494 e.